The molecular weight excluding hydrogens is 539 g/mol. The minimum absolute atomic E-state index is 0.0927. The molecule has 0 unspecified atom stereocenters. The van der Waals surface area contributed by atoms with E-state index in [-0.39, 0.29) is 29.1 Å². The second-order valence-electron chi connectivity index (χ2n) is 7.97. The predicted molar refractivity (Wildman–Crippen MR) is 143 cm³/mol. The molecule has 0 spiro atoms. The molecule has 0 saturated carbocycles. The number of carbonyl (C=O) groups is 2. The van der Waals surface area contributed by atoms with Gasteiger partial charge in [-0.05, 0) is 49.4 Å². The normalized spacial score (nSPS) is 12.5. The average Bonchev–Trinajstić information content (AvgIpc) is 3.41. The van der Waals surface area contributed by atoms with Gasteiger partial charge in [-0.15, -0.1) is 28.1 Å². The Balaban J connectivity index is 1.39. The zero-order chi connectivity index (χ0) is 25.7. The third-order valence-electron chi connectivity index (χ3n) is 5.56. The lowest BCUT2D eigenvalue weighted by Crippen LogP contribution is -2.25. The van der Waals surface area contributed by atoms with Gasteiger partial charge >= 0.3 is 0 Å². The number of thiophene rings is 1. The van der Waals surface area contributed by atoms with E-state index in [0.29, 0.717) is 38.7 Å². The quantitative estimate of drug-likeness (QED) is 0.273. The number of hydrogen-bond donors (Lipinski definition) is 2. The van der Waals surface area contributed by atoms with E-state index < -0.39 is 0 Å². The van der Waals surface area contributed by atoms with Crippen molar-refractivity contribution in [3.63, 3.8) is 0 Å². The third kappa shape index (κ3) is 5.93. The topological polar surface area (TPSA) is 113 Å². The van der Waals surface area contributed by atoms with Gasteiger partial charge in [-0.25, -0.2) is 0 Å². The summed E-state index contributed by atoms with van der Waals surface area (Å²) >= 11 is 14.7. The second-order valence-corrected chi connectivity index (χ2v) is 10.9. The van der Waals surface area contributed by atoms with E-state index in [1.165, 1.54) is 34.0 Å². The summed E-state index contributed by atoms with van der Waals surface area (Å²) in [5.41, 5.74) is 1.96. The Morgan fingerprint density at radius 2 is 2.08 bits per heavy atom. The fraction of sp³-hybridized carbons (Fsp3) is 0.292. The summed E-state index contributed by atoms with van der Waals surface area (Å²) in [5, 5.41) is 25.5. The lowest BCUT2D eigenvalue weighted by atomic mass is 9.96. The molecule has 8 nitrogen and oxygen atoms in total. The van der Waals surface area contributed by atoms with Crippen molar-refractivity contribution in [2.45, 2.75) is 43.9 Å². The number of carbonyl (C=O) groups excluding carboxylic acids is 2. The van der Waals surface area contributed by atoms with Crippen LogP contribution in [-0.2, 0) is 30.7 Å². The van der Waals surface area contributed by atoms with Crippen molar-refractivity contribution in [2.24, 2.45) is 0 Å². The largest absolute Gasteiger partial charge is 0.345 e. The van der Waals surface area contributed by atoms with Crippen molar-refractivity contribution < 1.29 is 9.59 Å². The van der Waals surface area contributed by atoms with Crippen LogP contribution in [0.15, 0.2) is 36.0 Å². The first-order chi connectivity index (χ1) is 17.4. The standard InChI is InChI=1S/C24H22Cl2N6O2S2/c1-2-9-32-20(12-28-22(34)16-8-7-14(25)10-18(16)26)30-31-24(32)35-13-21(33)29-23-17(11-27)15-5-3-4-6-19(15)36-23/h2,7-8,10H,1,3-6,9,12-13H2,(H,28,34)(H,29,33). The molecule has 0 fully saturated rings. The molecule has 4 rings (SSSR count). The van der Waals surface area contributed by atoms with Crippen molar-refractivity contribution in [2.75, 3.05) is 11.1 Å². The predicted octanol–water partition coefficient (Wildman–Crippen LogP) is 5.24. The Kier molecular flexibility index (Phi) is 8.69. The van der Waals surface area contributed by atoms with Crippen molar-refractivity contribution in [3.05, 3.63) is 68.3 Å². The van der Waals surface area contributed by atoms with Crippen LogP contribution in [0.5, 0.6) is 0 Å². The van der Waals surface area contributed by atoms with Crippen LogP contribution in [0.3, 0.4) is 0 Å². The molecule has 1 aliphatic rings. The highest BCUT2D eigenvalue weighted by Gasteiger charge is 2.22. The van der Waals surface area contributed by atoms with Crippen LogP contribution in [0, 0.1) is 11.3 Å². The van der Waals surface area contributed by atoms with Gasteiger partial charge in [0.1, 0.15) is 11.1 Å². The van der Waals surface area contributed by atoms with Gasteiger partial charge in [-0.1, -0.05) is 41.0 Å². The molecule has 12 heteroatoms. The zero-order valence-corrected chi connectivity index (χ0v) is 22.3. The summed E-state index contributed by atoms with van der Waals surface area (Å²) in [6.45, 7) is 4.28. The molecule has 2 aromatic heterocycles. The van der Waals surface area contributed by atoms with Crippen LogP contribution < -0.4 is 10.6 Å². The van der Waals surface area contributed by atoms with Crippen LogP contribution in [-0.4, -0.2) is 32.3 Å². The van der Waals surface area contributed by atoms with Gasteiger partial charge in [0, 0.05) is 16.4 Å². The number of hydrogen-bond acceptors (Lipinski definition) is 7. The fourth-order valence-corrected chi connectivity index (χ4v) is 6.38. The van der Waals surface area contributed by atoms with Crippen molar-refractivity contribution in [3.8, 4) is 6.07 Å². The Bertz CT molecular complexity index is 1360. The van der Waals surface area contributed by atoms with E-state index in [4.69, 9.17) is 23.2 Å². The number of rotatable bonds is 9. The number of allylic oxidation sites excluding steroid dienone is 1. The first-order valence-corrected chi connectivity index (χ1v) is 13.7. The maximum atomic E-state index is 12.7. The molecule has 2 N–H and O–H groups in total. The van der Waals surface area contributed by atoms with E-state index in [2.05, 4.69) is 33.5 Å². The molecule has 2 amide bonds. The summed E-state index contributed by atoms with van der Waals surface area (Å²) in [6, 6.07) is 6.90. The van der Waals surface area contributed by atoms with Crippen LogP contribution in [0.25, 0.3) is 0 Å². The number of aromatic nitrogens is 3. The van der Waals surface area contributed by atoms with E-state index in [0.717, 1.165) is 31.2 Å². The lowest BCUT2D eigenvalue weighted by molar-refractivity contribution is -0.113. The van der Waals surface area contributed by atoms with Gasteiger partial charge in [0.2, 0.25) is 5.91 Å². The highest BCUT2D eigenvalue weighted by Crippen LogP contribution is 2.37. The summed E-state index contributed by atoms with van der Waals surface area (Å²) in [5.74, 6) is 0.00453. The van der Waals surface area contributed by atoms with E-state index in [9.17, 15) is 14.9 Å². The zero-order valence-electron chi connectivity index (χ0n) is 19.1. The maximum Gasteiger partial charge on any atom is 0.253 e. The highest BCUT2D eigenvalue weighted by atomic mass is 35.5. The van der Waals surface area contributed by atoms with Gasteiger partial charge in [-0.2, -0.15) is 5.26 Å². The summed E-state index contributed by atoms with van der Waals surface area (Å²) < 4.78 is 1.78. The van der Waals surface area contributed by atoms with E-state index in [1.54, 1.807) is 22.8 Å². The Morgan fingerprint density at radius 3 is 2.83 bits per heavy atom. The molecule has 0 radical (unpaired) electrons. The molecule has 1 aliphatic carbocycles. The first kappa shape index (κ1) is 26.2. The molecule has 0 saturated heterocycles. The number of aryl methyl sites for hydroxylation is 1. The average molecular weight is 562 g/mol. The molecule has 1 aromatic carbocycles. The molecule has 186 valence electrons. The van der Waals surface area contributed by atoms with Gasteiger partial charge in [0.25, 0.3) is 5.91 Å². The monoisotopic (exact) mass is 560 g/mol. The van der Waals surface area contributed by atoms with Crippen molar-refractivity contribution in [1.82, 2.24) is 20.1 Å². The Morgan fingerprint density at radius 1 is 1.28 bits per heavy atom. The number of fused-ring (bicyclic) bond motifs is 1. The van der Waals surface area contributed by atoms with E-state index >= 15 is 0 Å². The number of thioether (sulfide) groups is 1. The van der Waals surface area contributed by atoms with Crippen LogP contribution >= 0.6 is 46.3 Å². The van der Waals surface area contributed by atoms with Crippen LogP contribution in [0.4, 0.5) is 5.00 Å². The number of benzene rings is 1. The summed E-state index contributed by atoms with van der Waals surface area (Å²) in [6.07, 6.45) is 5.69. The van der Waals surface area contributed by atoms with Crippen molar-refractivity contribution >= 4 is 63.1 Å². The third-order valence-corrected chi connectivity index (χ3v) is 8.28. The number of nitrogens with one attached hydrogen (secondary N) is 2. The minimum Gasteiger partial charge on any atom is -0.345 e. The highest BCUT2D eigenvalue weighted by molar-refractivity contribution is 7.99. The molecule has 2 heterocycles. The summed E-state index contributed by atoms with van der Waals surface area (Å²) in [4.78, 5) is 26.4. The molecular formula is C24H22Cl2N6O2S2. The lowest BCUT2D eigenvalue weighted by Gasteiger charge is -2.10. The Hall–Kier alpha value is -2.84. The number of anilines is 1. The van der Waals surface area contributed by atoms with Gasteiger partial charge in [0.05, 0.1) is 28.4 Å². The number of amides is 2. The van der Waals surface area contributed by atoms with Crippen molar-refractivity contribution in [1.29, 1.82) is 5.26 Å². The van der Waals surface area contributed by atoms with Gasteiger partial charge < -0.3 is 15.2 Å². The Labute approximate surface area is 226 Å². The molecule has 0 atom stereocenters. The molecule has 0 bridgehead atoms. The first-order valence-electron chi connectivity index (χ1n) is 11.1. The van der Waals surface area contributed by atoms with Gasteiger partial charge in [-0.3, -0.25) is 9.59 Å². The van der Waals surface area contributed by atoms with Crippen LogP contribution in [0.2, 0.25) is 10.0 Å². The summed E-state index contributed by atoms with van der Waals surface area (Å²) in [7, 11) is 0. The SMILES string of the molecule is C=CCn1c(CNC(=O)c2ccc(Cl)cc2Cl)nnc1SCC(=O)Nc1sc2c(c1C#N)CCCC2. The molecule has 36 heavy (non-hydrogen) atoms. The molecule has 3 aromatic rings. The number of halogens is 2. The smallest absolute Gasteiger partial charge is 0.253 e. The minimum atomic E-state index is -0.370. The van der Waals surface area contributed by atoms with E-state index in [1.807, 2.05) is 0 Å². The fourth-order valence-electron chi connectivity index (χ4n) is 3.86. The number of nitriles is 1. The van der Waals surface area contributed by atoms with Crippen LogP contribution in [0.1, 0.15) is 45.0 Å². The second kappa shape index (κ2) is 11.9. The number of nitrogens with zero attached hydrogens (tertiary/aromatic N) is 4. The molecule has 0 aliphatic heterocycles. The van der Waals surface area contributed by atoms with Gasteiger partial charge in [0.15, 0.2) is 11.0 Å². The maximum absolute atomic E-state index is 12.7.